The van der Waals surface area contributed by atoms with Gasteiger partial charge in [0.1, 0.15) is 17.6 Å². The first kappa shape index (κ1) is 13.4. The van der Waals surface area contributed by atoms with Crippen LogP contribution in [0.5, 0.6) is 0 Å². The molecule has 0 aliphatic carbocycles. The van der Waals surface area contributed by atoms with Crippen molar-refractivity contribution in [1.82, 2.24) is 15.0 Å². The van der Waals surface area contributed by atoms with Gasteiger partial charge in [0.15, 0.2) is 0 Å². The third kappa shape index (κ3) is 2.65. The monoisotopic (exact) mass is 283 g/mol. The number of anilines is 2. The number of hydrogen-bond donors (Lipinski definition) is 2. The van der Waals surface area contributed by atoms with Crippen LogP contribution in [0.3, 0.4) is 0 Å². The van der Waals surface area contributed by atoms with Crippen molar-refractivity contribution in [2.45, 2.75) is 19.9 Å². The summed E-state index contributed by atoms with van der Waals surface area (Å²) < 4.78 is 5.55. The first-order valence-corrected chi connectivity index (χ1v) is 6.81. The SMILES string of the molecule is CNc1nc(NC(C)c2ncc(C)o2)c2ccccc2n1. The molecule has 0 saturated heterocycles. The lowest BCUT2D eigenvalue weighted by Gasteiger charge is -2.14. The van der Waals surface area contributed by atoms with Crippen LogP contribution in [0.15, 0.2) is 34.9 Å². The van der Waals surface area contributed by atoms with Crippen molar-refractivity contribution < 1.29 is 4.42 Å². The third-order valence-corrected chi connectivity index (χ3v) is 3.19. The van der Waals surface area contributed by atoms with Crippen LogP contribution < -0.4 is 10.6 Å². The van der Waals surface area contributed by atoms with Gasteiger partial charge in [-0.3, -0.25) is 0 Å². The van der Waals surface area contributed by atoms with Crippen LogP contribution in [0.4, 0.5) is 11.8 Å². The molecule has 0 fully saturated rings. The Morgan fingerprint density at radius 3 is 2.71 bits per heavy atom. The van der Waals surface area contributed by atoms with Crippen molar-refractivity contribution in [3.8, 4) is 0 Å². The summed E-state index contributed by atoms with van der Waals surface area (Å²) in [4.78, 5) is 13.2. The highest BCUT2D eigenvalue weighted by Gasteiger charge is 2.14. The summed E-state index contributed by atoms with van der Waals surface area (Å²) in [5, 5.41) is 7.28. The Labute approximate surface area is 122 Å². The molecule has 2 aromatic heterocycles. The van der Waals surface area contributed by atoms with Crippen molar-refractivity contribution in [1.29, 1.82) is 0 Å². The van der Waals surface area contributed by atoms with E-state index in [1.165, 1.54) is 0 Å². The first-order valence-electron chi connectivity index (χ1n) is 6.81. The van der Waals surface area contributed by atoms with E-state index in [1.807, 2.05) is 38.1 Å². The summed E-state index contributed by atoms with van der Waals surface area (Å²) in [6.07, 6.45) is 1.71. The number of aryl methyl sites for hydroxylation is 1. The van der Waals surface area contributed by atoms with E-state index in [2.05, 4.69) is 25.6 Å². The zero-order valence-electron chi connectivity index (χ0n) is 12.2. The Morgan fingerprint density at radius 1 is 1.19 bits per heavy atom. The van der Waals surface area contributed by atoms with Crippen LogP contribution in [-0.4, -0.2) is 22.0 Å². The predicted octanol–water partition coefficient (Wildman–Crippen LogP) is 3.14. The maximum atomic E-state index is 5.55. The van der Waals surface area contributed by atoms with Gasteiger partial charge < -0.3 is 15.1 Å². The van der Waals surface area contributed by atoms with Crippen molar-refractivity contribution in [2.75, 3.05) is 17.7 Å². The highest BCUT2D eigenvalue weighted by molar-refractivity contribution is 5.90. The number of nitrogens with one attached hydrogen (secondary N) is 2. The van der Waals surface area contributed by atoms with Crippen LogP contribution in [-0.2, 0) is 0 Å². The molecule has 0 aliphatic rings. The van der Waals surface area contributed by atoms with Gasteiger partial charge in [0.25, 0.3) is 0 Å². The number of para-hydroxylation sites is 1. The van der Waals surface area contributed by atoms with E-state index < -0.39 is 0 Å². The molecule has 1 unspecified atom stereocenters. The van der Waals surface area contributed by atoms with Crippen molar-refractivity contribution >= 4 is 22.7 Å². The van der Waals surface area contributed by atoms with Gasteiger partial charge >= 0.3 is 0 Å². The molecule has 2 N–H and O–H groups in total. The van der Waals surface area contributed by atoms with Crippen LogP contribution in [0, 0.1) is 6.92 Å². The number of rotatable bonds is 4. The minimum atomic E-state index is -0.0817. The fraction of sp³-hybridized carbons (Fsp3) is 0.267. The molecule has 2 heterocycles. The number of fused-ring (bicyclic) bond motifs is 1. The lowest BCUT2D eigenvalue weighted by atomic mass is 10.2. The van der Waals surface area contributed by atoms with Gasteiger partial charge in [-0.15, -0.1) is 0 Å². The zero-order chi connectivity index (χ0) is 14.8. The molecule has 0 radical (unpaired) electrons. The lowest BCUT2D eigenvalue weighted by molar-refractivity contribution is 0.453. The highest BCUT2D eigenvalue weighted by Crippen LogP contribution is 2.25. The zero-order valence-corrected chi connectivity index (χ0v) is 12.2. The fourth-order valence-corrected chi connectivity index (χ4v) is 2.14. The smallest absolute Gasteiger partial charge is 0.224 e. The molecular weight excluding hydrogens is 266 g/mol. The summed E-state index contributed by atoms with van der Waals surface area (Å²) in [5.74, 6) is 2.77. The quantitative estimate of drug-likeness (QED) is 0.766. The summed E-state index contributed by atoms with van der Waals surface area (Å²) in [6.45, 7) is 3.86. The Balaban J connectivity index is 1.99. The third-order valence-electron chi connectivity index (χ3n) is 3.19. The van der Waals surface area contributed by atoms with Crippen molar-refractivity contribution in [3.05, 3.63) is 42.1 Å². The second-order valence-corrected chi connectivity index (χ2v) is 4.84. The average Bonchev–Trinajstić information content (AvgIpc) is 2.93. The molecular formula is C15H17N5O. The summed E-state index contributed by atoms with van der Waals surface area (Å²) in [5.41, 5.74) is 0.884. The maximum Gasteiger partial charge on any atom is 0.224 e. The van der Waals surface area contributed by atoms with Crippen LogP contribution in [0.2, 0.25) is 0 Å². The molecule has 3 rings (SSSR count). The number of nitrogens with zero attached hydrogens (tertiary/aromatic N) is 3. The van der Waals surface area contributed by atoms with E-state index in [0.717, 1.165) is 22.5 Å². The highest BCUT2D eigenvalue weighted by atomic mass is 16.4. The average molecular weight is 283 g/mol. The van der Waals surface area contributed by atoms with Gasteiger partial charge in [-0.1, -0.05) is 12.1 Å². The molecule has 0 aliphatic heterocycles. The van der Waals surface area contributed by atoms with Crippen molar-refractivity contribution in [2.24, 2.45) is 0 Å². The van der Waals surface area contributed by atoms with E-state index in [0.29, 0.717) is 11.8 Å². The minimum Gasteiger partial charge on any atom is -0.444 e. The molecule has 0 amide bonds. The van der Waals surface area contributed by atoms with Gasteiger partial charge in [-0.05, 0) is 26.0 Å². The Kier molecular flexibility index (Phi) is 3.43. The topological polar surface area (TPSA) is 75.9 Å². The number of hydrogen-bond acceptors (Lipinski definition) is 6. The van der Waals surface area contributed by atoms with Gasteiger partial charge in [0, 0.05) is 12.4 Å². The van der Waals surface area contributed by atoms with Gasteiger partial charge in [0.2, 0.25) is 11.8 Å². The molecule has 21 heavy (non-hydrogen) atoms. The normalized spacial score (nSPS) is 12.3. The number of aromatic nitrogens is 3. The van der Waals surface area contributed by atoms with Crippen LogP contribution >= 0.6 is 0 Å². The molecule has 6 nitrogen and oxygen atoms in total. The van der Waals surface area contributed by atoms with Gasteiger partial charge in [-0.25, -0.2) is 9.97 Å². The molecule has 1 atom stereocenters. The fourth-order valence-electron chi connectivity index (χ4n) is 2.14. The lowest BCUT2D eigenvalue weighted by Crippen LogP contribution is -2.10. The van der Waals surface area contributed by atoms with Crippen molar-refractivity contribution in [3.63, 3.8) is 0 Å². The standard InChI is InChI=1S/C15H17N5O/c1-9-8-17-14(21-9)10(2)18-13-11-6-4-5-7-12(11)19-15(16-3)20-13/h4-8,10H,1-3H3,(H2,16,18,19,20). The minimum absolute atomic E-state index is 0.0817. The second kappa shape index (κ2) is 5.40. The summed E-state index contributed by atoms with van der Waals surface area (Å²) in [7, 11) is 1.80. The molecule has 6 heteroatoms. The van der Waals surface area contributed by atoms with Gasteiger partial charge in [-0.2, -0.15) is 4.98 Å². The van der Waals surface area contributed by atoms with E-state index in [-0.39, 0.29) is 6.04 Å². The number of benzene rings is 1. The van der Waals surface area contributed by atoms with Gasteiger partial charge in [0.05, 0.1) is 11.7 Å². The molecule has 108 valence electrons. The van der Waals surface area contributed by atoms with E-state index >= 15 is 0 Å². The van der Waals surface area contributed by atoms with Crippen LogP contribution in [0.1, 0.15) is 24.6 Å². The largest absolute Gasteiger partial charge is 0.444 e. The first-order chi connectivity index (χ1) is 10.2. The van der Waals surface area contributed by atoms with Crippen LogP contribution in [0.25, 0.3) is 10.9 Å². The van der Waals surface area contributed by atoms with E-state index in [4.69, 9.17) is 4.42 Å². The molecule has 1 aromatic carbocycles. The molecule has 0 bridgehead atoms. The number of oxazole rings is 1. The predicted molar refractivity (Wildman–Crippen MR) is 82.4 cm³/mol. The molecule has 0 saturated carbocycles. The van der Waals surface area contributed by atoms with E-state index in [1.54, 1.807) is 13.2 Å². The maximum absolute atomic E-state index is 5.55. The molecule has 3 aromatic rings. The Morgan fingerprint density at radius 2 is 2.00 bits per heavy atom. The Hall–Kier alpha value is -2.63. The summed E-state index contributed by atoms with van der Waals surface area (Å²) >= 11 is 0. The summed E-state index contributed by atoms with van der Waals surface area (Å²) in [6, 6.07) is 7.80. The Bertz CT molecular complexity index is 768. The molecule has 0 spiro atoms. The van der Waals surface area contributed by atoms with E-state index in [9.17, 15) is 0 Å². The second-order valence-electron chi connectivity index (χ2n) is 4.84.